The number of fused-ring (bicyclic) bond motifs is 1. The monoisotopic (exact) mass is 346 g/mol. The van der Waals surface area contributed by atoms with Crippen molar-refractivity contribution in [2.45, 2.75) is 25.7 Å². The maximum atomic E-state index is 12.0. The zero-order valence-corrected chi connectivity index (χ0v) is 14.0. The lowest BCUT2D eigenvalue weighted by Crippen LogP contribution is -2.15. The third kappa shape index (κ3) is 3.66. The molecule has 0 bridgehead atoms. The minimum Gasteiger partial charge on any atom is -0.493 e. The van der Waals surface area contributed by atoms with Gasteiger partial charge in [-0.15, -0.1) is 11.3 Å². The standard InChI is InChI=1S/C17H15ClN2O2S/c18-11-4-6-12(7-5-11)22-9-8-16(21)20-17-14(10-19)13-2-1-3-15(13)23-17/h4-7H,1-3,8-9H2,(H,20,21). The molecule has 2 aromatic rings. The normalized spacial score (nSPS) is 12.5. The Labute approximate surface area is 143 Å². The summed E-state index contributed by atoms with van der Waals surface area (Å²) in [5.41, 5.74) is 1.75. The van der Waals surface area contributed by atoms with E-state index >= 15 is 0 Å². The molecule has 1 N–H and O–H groups in total. The van der Waals surface area contributed by atoms with Gasteiger partial charge in [0.25, 0.3) is 0 Å². The predicted molar refractivity (Wildman–Crippen MR) is 91.3 cm³/mol. The molecule has 6 heteroatoms. The molecule has 23 heavy (non-hydrogen) atoms. The zero-order valence-electron chi connectivity index (χ0n) is 12.4. The van der Waals surface area contributed by atoms with E-state index in [0.29, 0.717) is 21.3 Å². The molecule has 0 radical (unpaired) electrons. The second-order valence-electron chi connectivity index (χ2n) is 5.27. The highest BCUT2D eigenvalue weighted by Crippen LogP contribution is 2.38. The van der Waals surface area contributed by atoms with Crippen LogP contribution in [0.4, 0.5) is 5.00 Å². The molecule has 0 aliphatic heterocycles. The van der Waals surface area contributed by atoms with E-state index in [9.17, 15) is 10.1 Å². The number of amides is 1. The lowest BCUT2D eigenvalue weighted by Gasteiger charge is -2.07. The number of thiophene rings is 1. The van der Waals surface area contributed by atoms with Gasteiger partial charge in [-0.1, -0.05) is 11.6 Å². The fraction of sp³-hybridized carbons (Fsp3) is 0.294. The third-order valence-corrected chi connectivity index (χ3v) is 5.16. The number of nitriles is 1. The number of nitrogens with zero attached hydrogens (tertiary/aromatic N) is 1. The fourth-order valence-corrected chi connectivity index (χ4v) is 3.97. The number of halogens is 1. The van der Waals surface area contributed by atoms with Crippen molar-refractivity contribution in [2.75, 3.05) is 11.9 Å². The average molecular weight is 347 g/mol. The van der Waals surface area contributed by atoms with Crippen LogP contribution in [-0.2, 0) is 17.6 Å². The van der Waals surface area contributed by atoms with Crippen molar-refractivity contribution >= 4 is 33.8 Å². The largest absolute Gasteiger partial charge is 0.493 e. The molecule has 0 spiro atoms. The molecule has 118 valence electrons. The molecule has 1 aliphatic carbocycles. The number of ether oxygens (including phenoxy) is 1. The van der Waals surface area contributed by atoms with E-state index in [-0.39, 0.29) is 18.9 Å². The Morgan fingerprint density at radius 2 is 2.13 bits per heavy atom. The van der Waals surface area contributed by atoms with Crippen LogP contribution < -0.4 is 10.1 Å². The SMILES string of the molecule is N#Cc1c(NC(=O)CCOc2ccc(Cl)cc2)sc2c1CCC2. The van der Waals surface area contributed by atoms with Gasteiger partial charge in [0.15, 0.2) is 0 Å². The summed E-state index contributed by atoms with van der Waals surface area (Å²) in [6.07, 6.45) is 3.27. The number of nitrogens with one attached hydrogen (secondary N) is 1. The van der Waals surface area contributed by atoms with E-state index in [1.54, 1.807) is 24.3 Å². The highest BCUT2D eigenvalue weighted by molar-refractivity contribution is 7.16. The number of hydrogen-bond donors (Lipinski definition) is 1. The van der Waals surface area contributed by atoms with Crippen LogP contribution >= 0.6 is 22.9 Å². The highest BCUT2D eigenvalue weighted by atomic mass is 35.5. The second-order valence-corrected chi connectivity index (χ2v) is 6.82. The molecular formula is C17H15ClN2O2S. The molecule has 1 aromatic heterocycles. The number of carbonyl (C=O) groups is 1. The first-order valence-corrected chi connectivity index (χ1v) is 8.59. The molecule has 1 aromatic carbocycles. The molecule has 0 atom stereocenters. The summed E-state index contributed by atoms with van der Waals surface area (Å²) < 4.78 is 5.51. The number of benzene rings is 1. The highest BCUT2D eigenvalue weighted by Gasteiger charge is 2.22. The van der Waals surface area contributed by atoms with Gasteiger partial charge in [-0.05, 0) is 49.1 Å². The maximum Gasteiger partial charge on any atom is 0.228 e. The van der Waals surface area contributed by atoms with Crippen molar-refractivity contribution < 1.29 is 9.53 Å². The lowest BCUT2D eigenvalue weighted by molar-refractivity contribution is -0.116. The molecule has 1 heterocycles. The Morgan fingerprint density at radius 3 is 2.87 bits per heavy atom. The minimum atomic E-state index is -0.143. The molecule has 3 rings (SSSR count). The van der Waals surface area contributed by atoms with Crippen LogP contribution in [0.25, 0.3) is 0 Å². The molecule has 1 aliphatic rings. The van der Waals surface area contributed by atoms with Crippen molar-refractivity contribution in [2.24, 2.45) is 0 Å². The van der Waals surface area contributed by atoms with Crippen molar-refractivity contribution in [1.82, 2.24) is 0 Å². The van der Waals surface area contributed by atoms with Gasteiger partial charge in [0, 0.05) is 9.90 Å². The topological polar surface area (TPSA) is 62.1 Å². The molecule has 1 amide bonds. The van der Waals surface area contributed by atoms with Gasteiger partial charge >= 0.3 is 0 Å². The maximum absolute atomic E-state index is 12.0. The van der Waals surface area contributed by atoms with Gasteiger partial charge in [0.2, 0.25) is 5.91 Å². The van der Waals surface area contributed by atoms with Crippen LogP contribution in [0.5, 0.6) is 5.75 Å². The lowest BCUT2D eigenvalue weighted by atomic mass is 10.1. The molecular weight excluding hydrogens is 332 g/mol. The quantitative estimate of drug-likeness (QED) is 0.883. The Kier molecular flexibility index (Phi) is 4.85. The van der Waals surface area contributed by atoms with E-state index in [0.717, 1.165) is 24.8 Å². The van der Waals surface area contributed by atoms with Gasteiger partial charge < -0.3 is 10.1 Å². The first kappa shape index (κ1) is 15.9. The molecule has 0 fully saturated rings. The van der Waals surface area contributed by atoms with Crippen molar-refractivity contribution in [3.8, 4) is 11.8 Å². The summed E-state index contributed by atoms with van der Waals surface area (Å²) >= 11 is 7.32. The van der Waals surface area contributed by atoms with Gasteiger partial charge in [0.1, 0.15) is 16.8 Å². The first-order valence-electron chi connectivity index (χ1n) is 7.40. The van der Waals surface area contributed by atoms with Gasteiger partial charge in [-0.25, -0.2) is 0 Å². The van der Waals surface area contributed by atoms with Crippen molar-refractivity contribution in [3.05, 3.63) is 45.3 Å². The van der Waals surface area contributed by atoms with E-state index in [2.05, 4.69) is 11.4 Å². The number of rotatable bonds is 5. The summed E-state index contributed by atoms with van der Waals surface area (Å²) in [5.74, 6) is 0.533. The number of carbonyl (C=O) groups excluding carboxylic acids is 1. The van der Waals surface area contributed by atoms with Crippen LogP contribution in [0, 0.1) is 11.3 Å². The van der Waals surface area contributed by atoms with E-state index in [1.165, 1.54) is 16.2 Å². The summed E-state index contributed by atoms with van der Waals surface area (Å²) in [6, 6.07) is 9.22. The summed E-state index contributed by atoms with van der Waals surface area (Å²) in [6.45, 7) is 0.278. The summed E-state index contributed by atoms with van der Waals surface area (Å²) in [4.78, 5) is 13.3. The number of aryl methyl sites for hydroxylation is 1. The Bertz CT molecular complexity index is 762. The molecule has 0 saturated heterocycles. The van der Waals surface area contributed by atoms with Gasteiger partial charge in [-0.3, -0.25) is 4.79 Å². The third-order valence-electron chi connectivity index (χ3n) is 3.70. The van der Waals surface area contributed by atoms with E-state index in [4.69, 9.17) is 16.3 Å². The summed E-state index contributed by atoms with van der Waals surface area (Å²) in [5, 5.41) is 13.5. The molecule has 0 saturated carbocycles. The number of hydrogen-bond acceptors (Lipinski definition) is 4. The summed E-state index contributed by atoms with van der Waals surface area (Å²) in [7, 11) is 0. The minimum absolute atomic E-state index is 0.143. The fourth-order valence-electron chi connectivity index (χ4n) is 2.59. The van der Waals surface area contributed by atoms with Crippen molar-refractivity contribution in [1.29, 1.82) is 5.26 Å². The van der Waals surface area contributed by atoms with Gasteiger partial charge in [0.05, 0.1) is 18.6 Å². The van der Waals surface area contributed by atoms with Crippen LogP contribution in [0.3, 0.4) is 0 Å². The number of anilines is 1. The Morgan fingerprint density at radius 1 is 1.35 bits per heavy atom. The Hall–Kier alpha value is -2.03. The first-order chi connectivity index (χ1) is 11.2. The van der Waals surface area contributed by atoms with Crippen LogP contribution in [-0.4, -0.2) is 12.5 Å². The smallest absolute Gasteiger partial charge is 0.228 e. The predicted octanol–water partition coefficient (Wildman–Crippen LogP) is 4.17. The van der Waals surface area contributed by atoms with Gasteiger partial charge in [-0.2, -0.15) is 5.26 Å². The zero-order chi connectivity index (χ0) is 16.2. The van der Waals surface area contributed by atoms with Crippen molar-refractivity contribution in [3.63, 3.8) is 0 Å². The van der Waals surface area contributed by atoms with Crippen LogP contribution in [0.1, 0.15) is 28.8 Å². The van der Waals surface area contributed by atoms with E-state index in [1.807, 2.05) is 0 Å². The van der Waals surface area contributed by atoms with E-state index < -0.39 is 0 Å². The Balaban J connectivity index is 1.54. The molecule has 4 nitrogen and oxygen atoms in total. The second kappa shape index (κ2) is 7.03. The molecule has 0 unspecified atom stereocenters. The average Bonchev–Trinajstić information content (AvgIpc) is 3.09. The van der Waals surface area contributed by atoms with Crippen LogP contribution in [0.15, 0.2) is 24.3 Å². The van der Waals surface area contributed by atoms with Crippen LogP contribution in [0.2, 0.25) is 5.02 Å².